The van der Waals surface area contributed by atoms with Gasteiger partial charge in [-0.2, -0.15) is 0 Å². The van der Waals surface area contributed by atoms with Crippen molar-refractivity contribution in [3.63, 3.8) is 0 Å². The molecule has 0 saturated carbocycles. The predicted octanol–water partition coefficient (Wildman–Crippen LogP) is 6.10. The van der Waals surface area contributed by atoms with Crippen LogP contribution in [0.5, 0.6) is 0 Å². The Bertz CT molecular complexity index is 216. The fraction of sp³-hybridized carbons (Fsp3) is 0.250. The molecule has 0 aromatic carbocycles. The first-order valence-electron chi connectivity index (χ1n) is 8.20. The fourth-order valence-electron chi connectivity index (χ4n) is 0.552. The monoisotopic (exact) mass is 432 g/mol. The van der Waals surface area contributed by atoms with Gasteiger partial charge in [0.15, 0.2) is 0 Å². The molecule has 0 aromatic heterocycles. The maximum atomic E-state index is 9.90. The SMILES string of the molecule is C=C.C=C.C=C.C=C.C=C.C=C.C=C.C=C.O=C(O)CCCCC(=O)O.OCCO. The van der Waals surface area contributed by atoms with Gasteiger partial charge in [-0.25, -0.2) is 0 Å². The number of hydrogen-bond acceptors (Lipinski definition) is 4. The summed E-state index contributed by atoms with van der Waals surface area (Å²) in [4.78, 5) is 19.8. The maximum Gasteiger partial charge on any atom is 0.303 e. The van der Waals surface area contributed by atoms with Crippen LogP contribution in [0.25, 0.3) is 0 Å². The zero-order chi connectivity index (χ0) is 27.4. The van der Waals surface area contributed by atoms with E-state index in [0.717, 1.165) is 0 Å². The molecule has 180 valence electrons. The molecular formula is C24H48O6. The minimum atomic E-state index is -0.870. The van der Waals surface area contributed by atoms with Crippen LogP contribution in [0, 0.1) is 0 Å². The Labute approximate surface area is 186 Å². The third kappa shape index (κ3) is 613. The van der Waals surface area contributed by atoms with Crippen LogP contribution >= 0.6 is 0 Å². The first-order valence-corrected chi connectivity index (χ1v) is 8.20. The average Bonchev–Trinajstić information content (AvgIpc) is 2.87. The third-order valence-corrected chi connectivity index (χ3v) is 1.13. The Morgan fingerprint density at radius 2 is 0.567 bits per heavy atom. The molecule has 4 N–H and O–H groups in total. The van der Waals surface area contributed by atoms with Gasteiger partial charge in [0.2, 0.25) is 0 Å². The highest BCUT2D eigenvalue weighted by molar-refractivity contribution is 5.67. The molecule has 0 rings (SSSR count). The van der Waals surface area contributed by atoms with E-state index in [-0.39, 0.29) is 26.1 Å². The summed E-state index contributed by atoms with van der Waals surface area (Å²) in [5.41, 5.74) is 0. The zero-order valence-corrected chi connectivity index (χ0v) is 19.2. The molecule has 0 radical (unpaired) electrons. The molecule has 0 aliphatic heterocycles. The number of carboxylic acids is 2. The first kappa shape index (κ1) is 63.2. The van der Waals surface area contributed by atoms with Crippen LogP contribution < -0.4 is 0 Å². The summed E-state index contributed by atoms with van der Waals surface area (Å²) < 4.78 is 0. The van der Waals surface area contributed by atoms with Crippen LogP contribution in [0.2, 0.25) is 0 Å². The Kier molecular flexibility index (Phi) is 433. The molecule has 30 heavy (non-hydrogen) atoms. The minimum Gasteiger partial charge on any atom is -0.481 e. The molecule has 0 amide bonds. The van der Waals surface area contributed by atoms with E-state index < -0.39 is 11.9 Å². The number of aliphatic carboxylic acids is 2. The summed E-state index contributed by atoms with van der Waals surface area (Å²) in [6, 6.07) is 0. The van der Waals surface area contributed by atoms with Crippen molar-refractivity contribution >= 4 is 11.9 Å². The number of rotatable bonds is 6. The molecule has 0 saturated heterocycles. The molecule has 0 heterocycles. The number of carbonyl (C=O) groups is 2. The van der Waals surface area contributed by atoms with E-state index in [4.69, 9.17) is 20.4 Å². The van der Waals surface area contributed by atoms with Crippen LogP contribution in [0.3, 0.4) is 0 Å². The Morgan fingerprint density at radius 3 is 0.633 bits per heavy atom. The van der Waals surface area contributed by atoms with Crippen molar-refractivity contribution in [1.29, 1.82) is 0 Å². The highest BCUT2D eigenvalue weighted by atomic mass is 16.4. The van der Waals surface area contributed by atoms with Gasteiger partial charge in [-0.05, 0) is 12.8 Å². The number of carboxylic acid groups (broad SMARTS) is 2. The van der Waals surface area contributed by atoms with Crippen molar-refractivity contribution in [3.8, 4) is 0 Å². The van der Waals surface area contributed by atoms with E-state index in [9.17, 15) is 9.59 Å². The van der Waals surface area contributed by atoms with Crippen molar-refractivity contribution in [2.45, 2.75) is 25.7 Å². The number of hydrogen-bond donors (Lipinski definition) is 4. The summed E-state index contributed by atoms with van der Waals surface area (Å²) in [5.74, 6) is -1.74. The maximum absolute atomic E-state index is 9.90. The van der Waals surface area contributed by atoms with E-state index in [2.05, 4.69) is 105 Å². The van der Waals surface area contributed by atoms with E-state index in [0.29, 0.717) is 12.8 Å². The summed E-state index contributed by atoms with van der Waals surface area (Å²) >= 11 is 0. The second-order valence-corrected chi connectivity index (χ2v) is 2.44. The fourth-order valence-corrected chi connectivity index (χ4v) is 0.552. The lowest BCUT2D eigenvalue weighted by Crippen LogP contribution is -1.97. The molecule has 0 aliphatic carbocycles. The van der Waals surface area contributed by atoms with Gasteiger partial charge < -0.3 is 20.4 Å². The molecule has 0 atom stereocenters. The van der Waals surface area contributed by atoms with Gasteiger partial charge in [-0.1, -0.05) is 0 Å². The van der Waals surface area contributed by atoms with E-state index in [1.54, 1.807) is 0 Å². The van der Waals surface area contributed by atoms with Gasteiger partial charge in [0.25, 0.3) is 0 Å². The van der Waals surface area contributed by atoms with Crippen LogP contribution in [0.4, 0.5) is 0 Å². The minimum absolute atomic E-state index is 0.0628. The Balaban J connectivity index is -0.0000000213. The summed E-state index contributed by atoms with van der Waals surface area (Å²) in [5, 5.41) is 31.5. The summed E-state index contributed by atoms with van der Waals surface area (Å²) in [6.07, 6.45) is 1.02. The van der Waals surface area contributed by atoms with E-state index in [1.807, 2.05) is 0 Å². The highest BCUT2D eigenvalue weighted by Crippen LogP contribution is 1.98. The van der Waals surface area contributed by atoms with Crippen molar-refractivity contribution in [3.05, 3.63) is 105 Å². The quantitative estimate of drug-likeness (QED) is 0.297. The highest BCUT2D eigenvalue weighted by Gasteiger charge is 1.99. The van der Waals surface area contributed by atoms with Gasteiger partial charge in [-0.3, -0.25) is 9.59 Å². The van der Waals surface area contributed by atoms with Crippen molar-refractivity contribution < 1.29 is 30.0 Å². The summed E-state index contributed by atoms with van der Waals surface area (Å²) in [6.45, 7) is 47.8. The van der Waals surface area contributed by atoms with Crippen molar-refractivity contribution in [1.82, 2.24) is 0 Å². The number of unbranched alkanes of at least 4 members (excludes halogenated alkanes) is 1. The number of aliphatic hydroxyl groups is 2. The normalized spacial score (nSPS) is 5.13. The molecule has 0 aromatic rings. The van der Waals surface area contributed by atoms with Crippen molar-refractivity contribution in [2.75, 3.05) is 13.2 Å². The number of aliphatic hydroxyl groups excluding tert-OH is 2. The second kappa shape index (κ2) is 205. The smallest absolute Gasteiger partial charge is 0.303 e. The topological polar surface area (TPSA) is 115 Å². The second-order valence-electron chi connectivity index (χ2n) is 2.44. The molecule has 6 heteroatoms. The lowest BCUT2D eigenvalue weighted by Gasteiger charge is -1.92. The first-order chi connectivity index (χ1) is 14.5. The van der Waals surface area contributed by atoms with E-state index >= 15 is 0 Å². The third-order valence-electron chi connectivity index (χ3n) is 1.13. The molecular weight excluding hydrogens is 384 g/mol. The molecule has 0 bridgehead atoms. The molecule has 0 unspecified atom stereocenters. The summed E-state index contributed by atoms with van der Waals surface area (Å²) in [7, 11) is 0. The van der Waals surface area contributed by atoms with Crippen LogP contribution in [-0.2, 0) is 9.59 Å². The van der Waals surface area contributed by atoms with Crippen LogP contribution in [-0.4, -0.2) is 45.6 Å². The van der Waals surface area contributed by atoms with Crippen molar-refractivity contribution in [2.24, 2.45) is 0 Å². The zero-order valence-electron chi connectivity index (χ0n) is 19.2. The van der Waals surface area contributed by atoms with Crippen LogP contribution in [0.15, 0.2) is 105 Å². The van der Waals surface area contributed by atoms with Gasteiger partial charge in [-0.15, -0.1) is 105 Å². The van der Waals surface area contributed by atoms with Gasteiger partial charge in [0.05, 0.1) is 13.2 Å². The lowest BCUT2D eigenvalue weighted by molar-refractivity contribution is -0.139. The predicted molar refractivity (Wildman–Crippen MR) is 138 cm³/mol. The van der Waals surface area contributed by atoms with Gasteiger partial charge in [0, 0.05) is 12.8 Å². The van der Waals surface area contributed by atoms with E-state index in [1.165, 1.54) is 0 Å². The molecule has 0 spiro atoms. The largest absolute Gasteiger partial charge is 0.481 e. The standard InChI is InChI=1S/C6H10O4.C2H6O2.8C2H4/c7-5(8)3-1-2-4-6(9)10;3-1-2-4;8*1-2/h1-4H2,(H,7,8)(H,9,10);3-4H,1-2H2;8*1-2H2. The van der Waals surface area contributed by atoms with Crippen LogP contribution in [0.1, 0.15) is 25.7 Å². The average molecular weight is 433 g/mol. The molecule has 6 nitrogen and oxygen atoms in total. The Hall–Kier alpha value is -3.22. The molecule has 0 fully saturated rings. The molecule has 0 aliphatic rings. The van der Waals surface area contributed by atoms with Gasteiger partial charge in [0.1, 0.15) is 0 Å². The van der Waals surface area contributed by atoms with Gasteiger partial charge >= 0.3 is 11.9 Å². The lowest BCUT2D eigenvalue weighted by atomic mass is 10.2. The Morgan fingerprint density at radius 1 is 0.433 bits per heavy atom.